The molecule has 2 rings (SSSR count). The van der Waals surface area contributed by atoms with Crippen LogP contribution in [0, 0.1) is 0 Å². The van der Waals surface area contributed by atoms with Gasteiger partial charge < -0.3 is 10.4 Å². The minimum Gasteiger partial charge on any atom is -0.388 e. The van der Waals surface area contributed by atoms with Crippen molar-refractivity contribution in [1.29, 1.82) is 0 Å². The number of hydrogen-bond acceptors (Lipinski definition) is 3. The summed E-state index contributed by atoms with van der Waals surface area (Å²) in [5, 5.41) is 13.3. The van der Waals surface area contributed by atoms with Crippen LogP contribution in [0.25, 0.3) is 0 Å². The number of aromatic nitrogens is 1. The molecule has 0 aliphatic heterocycles. The zero-order valence-corrected chi connectivity index (χ0v) is 10.1. The van der Waals surface area contributed by atoms with Crippen molar-refractivity contribution in [3.63, 3.8) is 0 Å². The summed E-state index contributed by atoms with van der Waals surface area (Å²) in [6.45, 7) is 0.586. The van der Waals surface area contributed by atoms with Gasteiger partial charge >= 0.3 is 0 Å². The van der Waals surface area contributed by atoms with Crippen LogP contribution >= 0.6 is 15.9 Å². The Bertz CT molecular complexity index is 337. The van der Waals surface area contributed by atoms with E-state index in [1.54, 1.807) is 6.20 Å². The smallest absolute Gasteiger partial charge is 0.140 e. The lowest BCUT2D eigenvalue weighted by atomic mass is 10.0. The lowest BCUT2D eigenvalue weighted by Gasteiger charge is -2.22. The Labute approximate surface area is 98.0 Å². The molecule has 1 aromatic rings. The van der Waals surface area contributed by atoms with E-state index in [0.717, 1.165) is 36.0 Å². The number of aliphatic hydroxyl groups is 1. The van der Waals surface area contributed by atoms with Crippen molar-refractivity contribution in [3.8, 4) is 0 Å². The van der Waals surface area contributed by atoms with E-state index >= 15 is 0 Å². The van der Waals surface area contributed by atoms with Crippen molar-refractivity contribution in [1.82, 2.24) is 4.98 Å². The predicted octanol–water partition coefficient (Wildman–Crippen LogP) is 2.56. The summed E-state index contributed by atoms with van der Waals surface area (Å²) in [6.07, 6.45) is 5.78. The third kappa shape index (κ3) is 2.69. The molecule has 1 fully saturated rings. The lowest BCUT2D eigenvalue weighted by Crippen LogP contribution is -2.33. The molecule has 0 unspecified atom stereocenters. The number of rotatable bonds is 3. The predicted molar refractivity (Wildman–Crippen MR) is 63.8 cm³/mol. The molecule has 0 radical (unpaired) electrons. The lowest BCUT2D eigenvalue weighted by molar-refractivity contribution is 0.0614. The molecule has 82 valence electrons. The highest BCUT2D eigenvalue weighted by Crippen LogP contribution is 2.30. The minimum absolute atomic E-state index is 0.531. The first-order valence-electron chi connectivity index (χ1n) is 5.26. The molecule has 0 amide bonds. The molecule has 2 N–H and O–H groups in total. The van der Waals surface area contributed by atoms with Gasteiger partial charge in [-0.2, -0.15) is 0 Å². The van der Waals surface area contributed by atoms with Crippen molar-refractivity contribution in [2.45, 2.75) is 31.3 Å². The Morgan fingerprint density at radius 1 is 1.47 bits per heavy atom. The highest BCUT2D eigenvalue weighted by Gasteiger charge is 2.30. The molecule has 0 saturated heterocycles. The summed E-state index contributed by atoms with van der Waals surface area (Å²) in [5.74, 6) is 0.804. The quantitative estimate of drug-likeness (QED) is 0.888. The van der Waals surface area contributed by atoms with Crippen LogP contribution in [-0.2, 0) is 0 Å². The second-order valence-electron chi connectivity index (χ2n) is 4.12. The number of nitrogens with one attached hydrogen (secondary N) is 1. The van der Waals surface area contributed by atoms with Crippen LogP contribution in [0.4, 0.5) is 5.82 Å². The molecule has 0 spiro atoms. The van der Waals surface area contributed by atoms with Crippen molar-refractivity contribution in [2.75, 3.05) is 11.9 Å². The molecule has 1 aliphatic carbocycles. The van der Waals surface area contributed by atoms with Crippen LogP contribution in [0.2, 0.25) is 0 Å². The van der Waals surface area contributed by atoms with Crippen molar-refractivity contribution >= 4 is 21.7 Å². The molecule has 0 aromatic carbocycles. The van der Waals surface area contributed by atoms with Crippen LogP contribution in [-0.4, -0.2) is 22.2 Å². The monoisotopic (exact) mass is 270 g/mol. The van der Waals surface area contributed by atoms with Gasteiger partial charge in [-0.05, 0) is 40.9 Å². The van der Waals surface area contributed by atoms with E-state index in [0.29, 0.717) is 6.54 Å². The highest BCUT2D eigenvalue weighted by atomic mass is 79.9. The zero-order valence-electron chi connectivity index (χ0n) is 8.54. The van der Waals surface area contributed by atoms with Crippen molar-refractivity contribution < 1.29 is 5.11 Å². The van der Waals surface area contributed by atoms with Crippen LogP contribution in [0.5, 0.6) is 0 Å². The largest absolute Gasteiger partial charge is 0.388 e. The summed E-state index contributed by atoms with van der Waals surface area (Å²) in [7, 11) is 0. The van der Waals surface area contributed by atoms with Crippen molar-refractivity contribution in [2.24, 2.45) is 0 Å². The molecule has 15 heavy (non-hydrogen) atoms. The normalized spacial score (nSPS) is 19.1. The van der Waals surface area contributed by atoms with Crippen LogP contribution in [0.3, 0.4) is 0 Å². The number of nitrogens with zero attached hydrogens (tertiary/aromatic N) is 1. The second kappa shape index (κ2) is 4.49. The van der Waals surface area contributed by atoms with Crippen molar-refractivity contribution in [3.05, 3.63) is 22.8 Å². The van der Waals surface area contributed by atoms with Gasteiger partial charge in [0.05, 0.1) is 10.1 Å². The fourth-order valence-corrected chi connectivity index (χ4v) is 2.37. The second-order valence-corrected chi connectivity index (χ2v) is 4.97. The van der Waals surface area contributed by atoms with E-state index in [9.17, 15) is 5.11 Å². The first-order valence-corrected chi connectivity index (χ1v) is 6.06. The van der Waals surface area contributed by atoms with E-state index in [-0.39, 0.29) is 0 Å². The van der Waals surface area contributed by atoms with Crippen LogP contribution in [0.15, 0.2) is 22.8 Å². The highest BCUT2D eigenvalue weighted by molar-refractivity contribution is 9.10. The number of hydrogen-bond donors (Lipinski definition) is 2. The average molecular weight is 271 g/mol. The molecule has 1 aliphatic rings. The maximum atomic E-state index is 10.1. The van der Waals surface area contributed by atoms with Gasteiger partial charge in [0, 0.05) is 12.7 Å². The van der Waals surface area contributed by atoms with Crippen LogP contribution in [0.1, 0.15) is 25.7 Å². The summed E-state index contributed by atoms with van der Waals surface area (Å²) < 4.78 is 0.937. The van der Waals surface area contributed by atoms with Gasteiger partial charge in [0.15, 0.2) is 0 Å². The standard InChI is InChI=1S/C11H15BrN2O/c12-9-4-3-7-13-10(9)14-8-11(15)5-1-2-6-11/h3-4,7,15H,1-2,5-6,8H2,(H,13,14). The van der Waals surface area contributed by atoms with Gasteiger partial charge in [-0.15, -0.1) is 0 Å². The SMILES string of the molecule is OC1(CNc2ncccc2Br)CCCC1. The third-order valence-corrected chi connectivity index (χ3v) is 3.52. The first kappa shape index (κ1) is 10.9. The van der Waals surface area contributed by atoms with E-state index in [1.165, 1.54) is 0 Å². The van der Waals surface area contributed by atoms with E-state index in [1.807, 2.05) is 12.1 Å². The summed E-state index contributed by atoms with van der Waals surface area (Å²) in [5.41, 5.74) is -0.531. The Hall–Kier alpha value is -0.610. The number of halogens is 1. The fourth-order valence-electron chi connectivity index (χ4n) is 1.97. The van der Waals surface area contributed by atoms with Gasteiger partial charge in [0.25, 0.3) is 0 Å². The van der Waals surface area contributed by atoms with Gasteiger partial charge in [0.1, 0.15) is 5.82 Å². The van der Waals surface area contributed by atoms with Gasteiger partial charge in [0.2, 0.25) is 0 Å². The zero-order chi connectivity index (χ0) is 10.7. The minimum atomic E-state index is -0.531. The first-order chi connectivity index (χ1) is 7.20. The Kier molecular flexibility index (Phi) is 3.26. The Morgan fingerprint density at radius 2 is 2.20 bits per heavy atom. The third-order valence-electron chi connectivity index (χ3n) is 2.88. The van der Waals surface area contributed by atoms with Crippen LogP contribution < -0.4 is 5.32 Å². The molecule has 1 saturated carbocycles. The summed E-state index contributed by atoms with van der Waals surface area (Å²) >= 11 is 3.42. The number of anilines is 1. The molecule has 1 aromatic heterocycles. The summed E-state index contributed by atoms with van der Waals surface area (Å²) in [4.78, 5) is 4.20. The van der Waals surface area contributed by atoms with E-state index in [4.69, 9.17) is 0 Å². The maximum absolute atomic E-state index is 10.1. The molecule has 1 heterocycles. The molecule has 0 atom stereocenters. The van der Waals surface area contributed by atoms with Gasteiger partial charge in [-0.25, -0.2) is 4.98 Å². The number of pyridine rings is 1. The topological polar surface area (TPSA) is 45.1 Å². The molecule has 4 heteroatoms. The van der Waals surface area contributed by atoms with Gasteiger partial charge in [-0.1, -0.05) is 12.8 Å². The Balaban J connectivity index is 1.95. The molecule has 0 bridgehead atoms. The fraction of sp³-hybridized carbons (Fsp3) is 0.545. The van der Waals surface area contributed by atoms with E-state index < -0.39 is 5.60 Å². The van der Waals surface area contributed by atoms with E-state index in [2.05, 4.69) is 26.2 Å². The molecular weight excluding hydrogens is 256 g/mol. The molecule has 3 nitrogen and oxygen atoms in total. The molecular formula is C11H15BrN2O. The van der Waals surface area contributed by atoms with Gasteiger partial charge in [-0.3, -0.25) is 0 Å². The Morgan fingerprint density at radius 3 is 2.87 bits per heavy atom. The average Bonchev–Trinajstić information content (AvgIpc) is 2.65. The summed E-state index contributed by atoms with van der Waals surface area (Å²) in [6, 6.07) is 3.81. The maximum Gasteiger partial charge on any atom is 0.140 e.